The second kappa shape index (κ2) is 7.81. The predicted octanol–water partition coefficient (Wildman–Crippen LogP) is 2.22. The fourth-order valence-electron chi connectivity index (χ4n) is 1.35. The fourth-order valence-corrected chi connectivity index (χ4v) is 1.35. The minimum atomic E-state index is -0.410. The molecule has 1 aromatic rings. The highest BCUT2D eigenvalue weighted by Gasteiger charge is 2.08. The van der Waals surface area contributed by atoms with Crippen molar-refractivity contribution in [1.29, 1.82) is 0 Å². The van der Waals surface area contributed by atoms with Crippen LogP contribution in [0.25, 0.3) is 0 Å². The normalized spacial score (nSPS) is 10.5. The average Bonchev–Trinajstić information content (AvgIpc) is 2.35. The highest BCUT2D eigenvalue weighted by molar-refractivity contribution is 5.71. The van der Waals surface area contributed by atoms with Gasteiger partial charge in [-0.2, -0.15) is 5.06 Å². The van der Waals surface area contributed by atoms with Gasteiger partial charge in [0.05, 0.1) is 0 Å². The summed E-state index contributed by atoms with van der Waals surface area (Å²) in [4.78, 5) is 11.4. The van der Waals surface area contributed by atoms with Gasteiger partial charge in [0.2, 0.25) is 0 Å². The highest BCUT2D eigenvalue weighted by atomic mass is 16.5. The van der Waals surface area contributed by atoms with Crippen LogP contribution in [0.1, 0.15) is 25.3 Å². The van der Waals surface area contributed by atoms with E-state index in [4.69, 9.17) is 4.74 Å². The number of ether oxygens (including phenoxy) is 1. The summed E-state index contributed by atoms with van der Waals surface area (Å²) in [5.74, 6) is -0.410. The molecule has 17 heavy (non-hydrogen) atoms. The van der Waals surface area contributed by atoms with Gasteiger partial charge in [0.15, 0.2) is 0 Å². The molecular formula is C13H19NO3. The standard InChI is InChI=1S/C13H19NO3/c1-2-3-9-14(16)10-13(15)17-11-12-7-5-4-6-8-12/h4-8,16H,2-3,9-11H2,1H3. The van der Waals surface area contributed by atoms with E-state index in [1.807, 2.05) is 37.3 Å². The maximum absolute atomic E-state index is 11.4. The van der Waals surface area contributed by atoms with Crippen LogP contribution in [0.5, 0.6) is 0 Å². The number of carbonyl (C=O) groups excluding carboxylic acids is 1. The fraction of sp³-hybridized carbons (Fsp3) is 0.462. The quantitative estimate of drug-likeness (QED) is 0.583. The number of hydrogen-bond donors (Lipinski definition) is 1. The lowest BCUT2D eigenvalue weighted by Gasteiger charge is -2.13. The molecule has 0 radical (unpaired) electrons. The van der Waals surface area contributed by atoms with E-state index in [0.717, 1.165) is 23.5 Å². The Hall–Kier alpha value is -1.39. The molecule has 0 saturated carbocycles. The van der Waals surface area contributed by atoms with Crippen LogP contribution in [0.4, 0.5) is 0 Å². The van der Waals surface area contributed by atoms with Crippen molar-refractivity contribution >= 4 is 5.97 Å². The van der Waals surface area contributed by atoms with Gasteiger partial charge in [-0.25, -0.2) is 0 Å². The second-order valence-corrected chi connectivity index (χ2v) is 3.89. The van der Waals surface area contributed by atoms with Gasteiger partial charge in [-0.05, 0) is 12.0 Å². The van der Waals surface area contributed by atoms with Gasteiger partial charge in [-0.3, -0.25) is 4.79 Å². The zero-order chi connectivity index (χ0) is 12.5. The van der Waals surface area contributed by atoms with Gasteiger partial charge in [0.1, 0.15) is 13.2 Å². The minimum absolute atomic E-state index is 0.0766. The van der Waals surface area contributed by atoms with Crippen molar-refractivity contribution in [1.82, 2.24) is 5.06 Å². The molecule has 0 aliphatic rings. The third-order valence-electron chi connectivity index (χ3n) is 2.32. The Bertz CT molecular complexity index is 327. The van der Waals surface area contributed by atoms with Gasteiger partial charge < -0.3 is 9.94 Å². The lowest BCUT2D eigenvalue weighted by atomic mass is 10.2. The number of rotatable bonds is 7. The van der Waals surface area contributed by atoms with Gasteiger partial charge in [0, 0.05) is 6.54 Å². The highest BCUT2D eigenvalue weighted by Crippen LogP contribution is 2.01. The van der Waals surface area contributed by atoms with E-state index in [-0.39, 0.29) is 13.2 Å². The Morgan fingerprint density at radius 2 is 2.06 bits per heavy atom. The molecule has 0 spiro atoms. The summed E-state index contributed by atoms with van der Waals surface area (Å²) in [7, 11) is 0. The SMILES string of the molecule is CCCCN(O)CC(=O)OCc1ccccc1. The van der Waals surface area contributed by atoms with E-state index in [0.29, 0.717) is 6.54 Å². The summed E-state index contributed by atoms with van der Waals surface area (Å²) in [6, 6.07) is 9.47. The van der Waals surface area contributed by atoms with Crippen LogP contribution >= 0.6 is 0 Å². The Morgan fingerprint density at radius 3 is 2.71 bits per heavy atom. The lowest BCUT2D eigenvalue weighted by molar-refractivity contribution is -0.160. The molecule has 0 amide bonds. The molecule has 1 N–H and O–H groups in total. The molecule has 1 aromatic carbocycles. The van der Waals surface area contributed by atoms with Crippen LogP contribution in [0, 0.1) is 0 Å². The van der Waals surface area contributed by atoms with Crippen LogP contribution in [0.15, 0.2) is 30.3 Å². The molecule has 0 fully saturated rings. The molecule has 0 aliphatic heterocycles. The zero-order valence-corrected chi connectivity index (χ0v) is 10.1. The maximum atomic E-state index is 11.4. The molecular weight excluding hydrogens is 218 g/mol. The predicted molar refractivity (Wildman–Crippen MR) is 64.5 cm³/mol. The number of hydroxylamine groups is 2. The van der Waals surface area contributed by atoms with Crippen molar-refractivity contribution in [2.24, 2.45) is 0 Å². The van der Waals surface area contributed by atoms with Crippen molar-refractivity contribution in [3.8, 4) is 0 Å². The Balaban J connectivity index is 2.21. The zero-order valence-electron chi connectivity index (χ0n) is 10.1. The van der Waals surface area contributed by atoms with Crippen LogP contribution in [0.2, 0.25) is 0 Å². The summed E-state index contributed by atoms with van der Waals surface area (Å²) in [5, 5.41) is 10.4. The Kier molecular flexibility index (Phi) is 6.29. The van der Waals surface area contributed by atoms with Crippen LogP contribution in [-0.2, 0) is 16.1 Å². The molecule has 1 rings (SSSR count). The molecule has 0 unspecified atom stereocenters. The largest absolute Gasteiger partial charge is 0.460 e. The first-order chi connectivity index (χ1) is 8.22. The van der Waals surface area contributed by atoms with Crippen molar-refractivity contribution < 1.29 is 14.7 Å². The lowest BCUT2D eigenvalue weighted by Crippen LogP contribution is -2.28. The maximum Gasteiger partial charge on any atom is 0.322 e. The number of benzene rings is 1. The molecule has 0 atom stereocenters. The smallest absolute Gasteiger partial charge is 0.322 e. The Labute approximate surface area is 102 Å². The minimum Gasteiger partial charge on any atom is -0.460 e. The van der Waals surface area contributed by atoms with E-state index < -0.39 is 5.97 Å². The number of nitrogens with zero attached hydrogens (tertiary/aromatic N) is 1. The monoisotopic (exact) mass is 237 g/mol. The molecule has 0 saturated heterocycles. The van der Waals surface area contributed by atoms with Crippen LogP contribution in [0.3, 0.4) is 0 Å². The van der Waals surface area contributed by atoms with E-state index in [2.05, 4.69) is 0 Å². The first-order valence-electron chi connectivity index (χ1n) is 5.85. The van der Waals surface area contributed by atoms with Crippen LogP contribution < -0.4 is 0 Å². The van der Waals surface area contributed by atoms with Gasteiger partial charge in [-0.15, -0.1) is 0 Å². The summed E-state index contributed by atoms with van der Waals surface area (Å²) in [6.45, 7) is 2.70. The van der Waals surface area contributed by atoms with E-state index in [1.165, 1.54) is 0 Å². The molecule has 0 heterocycles. The molecule has 0 aliphatic carbocycles. The number of unbranched alkanes of at least 4 members (excludes halogenated alkanes) is 1. The molecule has 0 aromatic heterocycles. The molecule has 4 heteroatoms. The number of hydrogen-bond acceptors (Lipinski definition) is 4. The topological polar surface area (TPSA) is 49.8 Å². The van der Waals surface area contributed by atoms with Crippen molar-refractivity contribution in [2.45, 2.75) is 26.4 Å². The number of carbonyl (C=O) groups is 1. The second-order valence-electron chi connectivity index (χ2n) is 3.89. The van der Waals surface area contributed by atoms with Crippen molar-refractivity contribution in [2.75, 3.05) is 13.1 Å². The molecule has 94 valence electrons. The van der Waals surface area contributed by atoms with E-state index >= 15 is 0 Å². The summed E-state index contributed by atoms with van der Waals surface area (Å²) in [5.41, 5.74) is 0.943. The Morgan fingerprint density at radius 1 is 1.35 bits per heavy atom. The van der Waals surface area contributed by atoms with Crippen molar-refractivity contribution in [3.05, 3.63) is 35.9 Å². The third kappa shape index (κ3) is 6.04. The molecule has 4 nitrogen and oxygen atoms in total. The first kappa shape index (κ1) is 13.7. The summed E-state index contributed by atoms with van der Waals surface area (Å²) < 4.78 is 5.04. The van der Waals surface area contributed by atoms with Gasteiger partial charge >= 0.3 is 5.97 Å². The van der Waals surface area contributed by atoms with Crippen molar-refractivity contribution in [3.63, 3.8) is 0 Å². The van der Waals surface area contributed by atoms with Gasteiger partial charge in [-0.1, -0.05) is 43.7 Å². The first-order valence-corrected chi connectivity index (χ1v) is 5.85. The third-order valence-corrected chi connectivity index (χ3v) is 2.32. The van der Waals surface area contributed by atoms with E-state index in [1.54, 1.807) is 0 Å². The van der Waals surface area contributed by atoms with Crippen LogP contribution in [-0.4, -0.2) is 29.3 Å². The molecule has 0 bridgehead atoms. The summed E-state index contributed by atoms with van der Waals surface area (Å²) >= 11 is 0. The van der Waals surface area contributed by atoms with E-state index in [9.17, 15) is 10.0 Å². The number of esters is 1. The summed E-state index contributed by atoms with van der Waals surface area (Å²) in [6.07, 6.45) is 1.85. The van der Waals surface area contributed by atoms with Gasteiger partial charge in [0.25, 0.3) is 0 Å². The average molecular weight is 237 g/mol.